The molecule has 4 aromatic heterocycles. The second-order valence-electron chi connectivity index (χ2n) is 12.8. The molecular formula is C46H42Cl4Fe2N6. The Labute approximate surface area is 369 Å². The van der Waals surface area contributed by atoms with Gasteiger partial charge in [0, 0.05) is 33.9 Å². The number of para-hydroxylation sites is 2. The second-order valence-corrected chi connectivity index (χ2v) is 16.4. The SMILES string of the molecule is CCc1cccc(CC)c1N=Cc1ccc2ccc3cccnc3c2n1.CCc1cccc(CC)c1N=Cc1ccc2ccc3cccnc3c2n1.[Cl][Fe][Cl].[Cl][Fe][Cl]. The summed E-state index contributed by atoms with van der Waals surface area (Å²) in [4.78, 5) is 28.3. The number of aryl methyl sites for hydroxylation is 4. The molecule has 0 N–H and O–H groups in total. The van der Waals surface area contributed by atoms with Crippen molar-refractivity contribution in [1.29, 1.82) is 0 Å². The molecule has 12 heteroatoms. The quantitative estimate of drug-likeness (QED) is 0.0864. The van der Waals surface area contributed by atoms with Crippen LogP contribution in [0.25, 0.3) is 43.6 Å². The number of hydrogen-bond acceptors (Lipinski definition) is 6. The van der Waals surface area contributed by atoms with Crippen LogP contribution in [0.15, 0.2) is 132 Å². The third kappa shape index (κ3) is 11.6. The zero-order valence-electron chi connectivity index (χ0n) is 32.4. The van der Waals surface area contributed by atoms with Gasteiger partial charge in [0.2, 0.25) is 0 Å². The number of benzene rings is 4. The van der Waals surface area contributed by atoms with Crippen LogP contribution in [-0.2, 0) is 52.0 Å². The fourth-order valence-corrected chi connectivity index (χ4v) is 6.64. The van der Waals surface area contributed by atoms with Crippen LogP contribution < -0.4 is 0 Å². The molecule has 8 aromatic rings. The molecule has 0 aliphatic carbocycles. The Kier molecular flexibility index (Phi) is 18.4. The van der Waals surface area contributed by atoms with Gasteiger partial charge in [-0.3, -0.25) is 20.0 Å². The van der Waals surface area contributed by atoms with Gasteiger partial charge < -0.3 is 0 Å². The molecule has 8 rings (SSSR count). The van der Waals surface area contributed by atoms with E-state index >= 15 is 0 Å². The van der Waals surface area contributed by atoms with Crippen molar-refractivity contribution >= 4 is 108 Å². The number of halogens is 4. The first-order chi connectivity index (χ1) is 28.4. The molecule has 0 aliphatic heterocycles. The van der Waals surface area contributed by atoms with Crippen molar-refractivity contribution in [3.8, 4) is 0 Å². The van der Waals surface area contributed by atoms with Gasteiger partial charge in [-0.1, -0.05) is 113 Å². The molecule has 4 heterocycles. The number of nitrogens with zero attached hydrogens (tertiary/aromatic N) is 6. The van der Waals surface area contributed by atoms with Crippen LogP contribution in [-0.4, -0.2) is 32.4 Å². The molecule has 0 atom stereocenters. The van der Waals surface area contributed by atoms with Crippen LogP contribution in [0, 0.1) is 0 Å². The second kappa shape index (κ2) is 23.6. The van der Waals surface area contributed by atoms with E-state index in [2.05, 4.69) is 123 Å². The van der Waals surface area contributed by atoms with E-state index in [0.717, 1.165) is 92.1 Å². The molecule has 4 aromatic carbocycles. The van der Waals surface area contributed by atoms with Gasteiger partial charge in [0.1, 0.15) is 0 Å². The van der Waals surface area contributed by atoms with Gasteiger partial charge in [0.05, 0.1) is 57.3 Å². The van der Waals surface area contributed by atoms with Crippen LogP contribution in [0.1, 0.15) is 61.3 Å². The van der Waals surface area contributed by atoms with Crippen molar-refractivity contribution in [2.75, 3.05) is 0 Å². The van der Waals surface area contributed by atoms with E-state index in [-0.39, 0.29) is 26.3 Å². The maximum atomic E-state index is 4.82. The molecular weight excluding hydrogens is 890 g/mol. The predicted molar refractivity (Wildman–Crippen MR) is 242 cm³/mol. The van der Waals surface area contributed by atoms with Gasteiger partial charge in [0.15, 0.2) is 0 Å². The zero-order chi connectivity index (χ0) is 41.3. The van der Waals surface area contributed by atoms with E-state index in [1.807, 2.05) is 49.1 Å². The van der Waals surface area contributed by atoms with Gasteiger partial charge in [0.25, 0.3) is 0 Å². The van der Waals surface area contributed by atoms with Crippen molar-refractivity contribution in [1.82, 2.24) is 19.9 Å². The first-order valence-corrected chi connectivity index (χ1v) is 24.8. The summed E-state index contributed by atoms with van der Waals surface area (Å²) >= 11 is 0.389. The molecule has 58 heavy (non-hydrogen) atoms. The van der Waals surface area contributed by atoms with Gasteiger partial charge in [-0.05, 0) is 72.2 Å². The van der Waals surface area contributed by atoms with Crippen molar-refractivity contribution in [3.63, 3.8) is 0 Å². The number of rotatable bonds is 8. The van der Waals surface area contributed by atoms with E-state index in [1.165, 1.54) is 22.3 Å². The average molecular weight is 932 g/mol. The summed E-state index contributed by atoms with van der Waals surface area (Å²) in [6.45, 7) is 8.67. The molecule has 300 valence electrons. The topological polar surface area (TPSA) is 76.3 Å². The van der Waals surface area contributed by atoms with Crippen LogP contribution in [0.5, 0.6) is 0 Å². The molecule has 0 fully saturated rings. The molecule has 0 saturated heterocycles. The van der Waals surface area contributed by atoms with Crippen LogP contribution in [0.2, 0.25) is 0 Å². The minimum atomic E-state index is 0.194. The van der Waals surface area contributed by atoms with E-state index in [4.69, 9.17) is 60.3 Å². The zero-order valence-corrected chi connectivity index (χ0v) is 37.7. The van der Waals surface area contributed by atoms with Crippen molar-refractivity contribution < 1.29 is 26.3 Å². The summed E-state index contributed by atoms with van der Waals surface area (Å²) in [5, 5.41) is 4.39. The molecule has 0 spiro atoms. The molecule has 6 nitrogen and oxygen atoms in total. The number of fused-ring (bicyclic) bond motifs is 6. The van der Waals surface area contributed by atoms with Crippen molar-refractivity contribution in [2.45, 2.75) is 53.4 Å². The Morgan fingerprint density at radius 2 is 0.741 bits per heavy atom. The van der Waals surface area contributed by atoms with Crippen LogP contribution >= 0.6 is 40.4 Å². The Balaban J connectivity index is 0.000000195. The Morgan fingerprint density at radius 1 is 0.431 bits per heavy atom. The third-order valence-electron chi connectivity index (χ3n) is 9.49. The average Bonchev–Trinajstić information content (AvgIpc) is 3.27. The Hall–Kier alpha value is -3.94. The Morgan fingerprint density at radius 3 is 1.07 bits per heavy atom. The van der Waals surface area contributed by atoms with Gasteiger partial charge in [-0.15, -0.1) is 0 Å². The maximum absolute atomic E-state index is 4.82. The first kappa shape index (κ1) is 45.1. The standard InChI is InChI=1S/2C23H21N3.4ClH.2Fe/c2*1-3-16-7-5-8-17(4-2)21(16)25-15-20-13-12-19-11-10-18-9-6-14-24-22(18)23(19)26-20;;;;;;/h2*5-15H,3-4H2,1-2H3;4*1H;;/q;;;;;;2*+2/p-4. The van der Waals surface area contributed by atoms with Gasteiger partial charge >= 0.3 is 66.7 Å². The van der Waals surface area contributed by atoms with Crippen LogP contribution in [0.3, 0.4) is 0 Å². The summed E-state index contributed by atoms with van der Waals surface area (Å²) in [5.41, 5.74) is 12.7. The third-order valence-corrected chi connectivity index (χ3v) is 9.49. The monoisotopic (exact) mass is 930 g/mol. The summed E-state index contributed by atoms with van der Waals surface area (Å²) in [6, 6.07) is 37.4. The van der Waals surface area contributed by atoms with Gasteiger partial charge in [-0.25, -0.2) is 9.97 Å². The van der Waals surface area contributed by atoms with E-state index in [1.54, 1.807) is 0 Å². The van der Waals surface area contributed by atoms with E-state index in [0.29, 0.717) is 0 Å². The number of pyridine rings is 4. The number of aromatic nitrogens is 4. The Bertz CT molecular complexity index is 2430. The molecule has 0 unspecified atom stereocenters. The minimum absolute atomic E-state index is 0.194. The summed E-state index contributed by atoms with van der Waals surface area (Å²) in [5.74, 6) is 0. The van der Waals surface area contributed by atoms with E-state index in [9.17, 15) is 0 Å². The summed E-state index contributed by atoms with van der Waals surface area (Å²) in [7, 11) is 19.1. The predicted octanol–water partition coefficient (Wildman–Crippen LogP) is 14.1. The molecule has 0 aliphatic rings. The molecule has 0 bridgehead atoms. The van der Waals surface area contributed by atoms with Crippen molar-refractivity contribution in [3.05, 3.63) is 155 Å². The first-order valence-electron chi connectivity index (χ1n) is 18.7. The van der Waals surface area contributed by atoms with Crippen molar-refractivity contribution in [2.24, 2.45) is 9.98 Å². The molecule has 0 saturated carbocycles. The summed E-state index contributed by atoms with van der Waals surface area (Å²) < 4.78 is 0. The molecule has 0 amide bonds. The molecule has 0 radical (unpaired) electrons. The number of hydrogen-bond donors (Lipinski definition) is 0. The normalized spacial score (nSPS) is 11.2. The number of aliphatic imine (C=N–C) groups is 2. The summed E-state index contributed by atoms with van der Waals surface area (Å²) in [6.07, 6.45) is 11.3. The fraction of sp³-hybridized carbons (Fsp3) is 0.174. The van der Waals surface area contributed by atoms with Crippen LogP contribution in [0.4, 0.5) is 11.4 Å². The van der Waals surface area contributed by atoms with Gasteiger partial charge in [-0.2, -0.15) is 0 Å². The van der Waals surface area contributed by atoms with E-state index < -0.39 is 0 Å². The fourth-order valence-electron chi connectivity index (χ4n) is 6.64.